The molecule has 0 unspecified atom stereocenters. The Morgan fingerprint density at radius 3 is 2.52 bits per heavy atom. The van der Waals surface area contributed by atoms with E-state index in [2.05, 4.69) is 46.7 Å². The summed E-state index contributed by atoms with van der Waals surface area (Å²) in [7, 11) is 0. The smallest absolute Gasteiger partial charge is 0.338 e. The number of carbonyl (C=O) groups excluding carboxylic acids is 1. The fraction of sp³-hybridized carbons (Fsp3) is 0.200. The highest BCUT2D eigenvalue weighted by Crippen LogP contribution is 2.22. The Bertz CT molecular complexity index is 836. The topological polar surface area (TPSA) is 67.0 Å². The quantitative estimate of drug-likeness (QED) is 0.663. The van der Waals surface area contributed by atoms with Crippen LogP contribution in [0.2, 0.25) is 0 Å². The van der Waals surface area contributed by atoms with Gasteiger partial charge < -0.3 is 10.1 Å². The largest absolute Gasteiger partial charge is 0.462 e. The van der Waals surface area contributed by atoms with Gasteiger partial charge in [0, 0.05) is 17.8 Å². The summed E-state index contributed by atoms with van der Waals surface area (Å²) in [6.45, 7) is 4.88. The third-order valence-corrected chi connectivity index (χ3v) is 3.94. The third kappa shape index (κ3) is 4.07. The van der Waals surface area contributed by atoms with Gasteiger partial charge in [0.2, 0.25) is 0 Å². The van der Waals surface area contributed by atoms with E-state index in [0.29, 0.717) is 18.7 Å². The number of hydrogen-bond donors (Lipinski definition) is 2. The molecule has 2 N–H and O–H groups in total. The van der Waals surface area contributed by atoms with Crippen LogP contribution in [-0.4, -0.2) is 22.8 Å². The molecule has 0 aliphatic rings. The number of esters is 1. The number of aromatic nitrogens is 2. The normalized spacial score (nSPS) is 10.5. The third-order valence-electron chi connectivity index (χ3n) is 3.94. The minimum absolute atomic E-state index is 0.300. The number of benzene rings is 2. The Morgan fingerprint density at radius 2 is 1.84 bits per heavy atom. The number of H-pyrrole nitrogens is 1. The number of aromatic amines is 1. The van der Waals surface area contributed by atoms with Crippen molar-refractivity contribution in [1.29, 1.82) is 0 Å². The minimum atomic E-state index is -0.300. The van der Waals surface area contributed by atoms with E-state index in [4.69, 9.17) is 4.74 Å². The second-order valence-electron chi connectivity index (χ2n) is 5.79. The summed E-state index contributed by atoms with van der Waals surface area (Å²) >= 11 is 0. The number of nitrogens with one attached hydrogen (secondary N) is 2. The van der Waals surface area contributed by atoms with Crippen LogP contribution in [-0.2, 0) is 11.3 Å². The maximum atomic E-state index is 11.7. The van der Waals surface area contributed by atoms with Crippen LogP contribution in [0, 0.1) is 6.92 Å². The Labute approximate surface area is 147 Å². The zero-order valence-corrected chi connectivity index (χ0v) is 14.4. The van der Waals surface area contributed by atoms with Crippen LogP contribution >= 0.6 is 0 Å². The van der Waals surface area contributed by atoms with Gasteiger partial charge in [-0.1, -0.05) is 29.8 Å². The summed E-state index contributed by atoms with van der Waals surface area (Å²) in [5.41, 5.74) is 5.91. The van der Waals surface area contributed by atoms with Crippen LogP contribution in [0.1, 0.15) is 28.4 Å². The van der Waals surface area contributed by atoms with Crippen molar-refractivity contribution < 1.29 is 9.53 Å². The number of ether oxygens (including phenoxy) is 1. The minimum Gasteiger partial charge on any atom is -0.462 e. The van der Waals surface area contributed by atoms with Gasteiger partial charge in [-0.3, -0.25) is 5.10 Å². The Morgan fingerprint density at radius 1 is 1.12 bits per heavy atom. The van der Waals surface area contributed by atoms with Gasteiger partial charge in [-0.05, 0) is 43.7 Å². The van der Waals surface area contributed by atoms with Crippen LogP contribution in [0.3, 0.4) is 0 Å². The first kappa shape index (κ1) is 16.8. The highest BCUT2D eigenvalue weighted by molar-refractivity contribution is 5.89. The molecule has 0 aliphatic heterocycles. The highest BCUT2D eigenvalue weighted by atomic mass is 16.5. The van der Waals surface area contributed by atoms with E-state index < -0.39 is 0 Å². The fourth-order valence-corrected chi connectivity index (χ4v) is 2.55. The van der Waals surface area contributed by atoms with Crippen molar-refractivity contribution in [3.05, 3.63) is 71.4 Å². The summed E-state index contributed by atoms with van der Waals surface area (Å²) < 4.78 is 4.99. The molecule has 0 atom stereocenters. The van der Waals surface area contributed by atoms with E-state index in [-0.39, 0.29) is 5.97 Å². The van der Waals surface area contributed by atoms with Gasteiger partial charge >= 0.3 is 5.97 Å². The van der Waals surface area contributed by atoms with Crippen molar-refractivity contribution in [1.82, 2.24) is 10.2 Å². The monoisotopic (exact) mass is 335 g/mol. The maximum Gasteiger partial charge on any atom is 0.338 e. The van der Waals surface area contributed by atoms with Crippen LogP contribution in [0.25, 0.3) is 11.3 Å². The molecule has 0 aliphatic carbocycles. The fourth-order valence-electron chi connectivity index (χ4n) is 2.55. The van der Waals surface area contributed by atoms with E-state index in [1.807, 2.05) is 18.3 Å². The molecular formula is C20H21N3O2. The molecule has 1 aromatic heterocycles. The zero-order chi connectivity index (χ0) is 17.6. The lowest BCUT2D eigenvalue weighted by Crippen LogP contribution is -2.05. The first-order valence-electron chi connectivity index (χ1n) is 8.27. The summed E-state index contributed by atoms with van der Waals surface area (Å²) in [5, 5.41) is 10.6. The predicted molar refractivity (Wildman–Crippen MR) is 98.5 cm³/mol. The number of aryl methyl sites for hydroxylation is 1. The Hall–Kier alpha value is -3.08. The molecule has 0 fully saturated rings. The number of nitrogens with zero attached hydrogens (tertiary/aromatic N) is 1. The Kier molecular flexibility index (Phi) is 5.14. The molecule has 0 saturated heterocycles. The molecule has 0 bridgehead atoms. The molecule has 0 amide bonds. The van der Waals surface area contributed by atoms with Crippen LogP contribution in [0.5, 0.6) is 0 Å². The van der Waals surface area contributed by atoms with Gasteiger partial charge in [0.1, 0.15) is 0 Å². The van der Waals surface area contributed by atoms with Gasteiger partial charge in [-0.2, -0.15) is 5.10 Å². The second-order valence-corrected chi connectivity index (χ2v) is 5.79. The molecular weight excluding hydrogens is 314 g/mol. The van der Waals surface area contributed by atoms with Crippen molar-refractivity contribution in [2.75, 3.05) is 11.9 Å². The molecule has 25 heavy (non-hydrogen) atoms. The van der Waals surface area contributed by atoms with Crippen molar-refractivity contribution in [2.45, 2.75) is 20.4 Å². The average molecular weight is 335 g/mol. The van der Waals surface area contributed by atoms with Crippen LogP contribution in [0.4, 0.5) is 5.69 Å². The molecule has 0 saturated carbocycles. The number of carbonyl (C=O) groups is 1. The summed E-state index contributed by atoms with van der Waals surface area (Å²) in [6.07, 6.45) is 1.83. The first-order valence-corrected chi connectivity index (χ1v) is 8.27. The lowest BCUT2D eigenvalue weighted by Gasteiger charge is -2.08. The standard InChI is InChI=1S/C20H21N3O2/c1-3-25-20(24)16-8-10-18(11-9-16)21-12-17-13-22-23-19(17)15-6-4-14(2)5-7-15/h4-11,13,21H,3,12H2,1-2H3,(H,22,23). The van der Waals surface area contributed by atoms with Gasteiger partial charge in [-0.15, -0.1) is 0 Å². The van der Waals surface area contributed by atoms with Gasteiger partial charge in [0.15, 0.2) is 0 Å². The molecule has 5 heteroatoms. The van der Waals surface area contributed by atoms with Crippen LogP contribution < -0.4 is 5.32 Å². The lowest BCUT2D eigenvalue weighted by molar-refractivity contribution is 0.0526. The van der Waals surface area contributed by atoms with Crippen molar-refractivity contribution in [3.8, 4) is 11.3 Å². The molecule has 3 aromatic rings. The maximum absolute atomic E-state index is 11.7. The van der Waals surface area contributed by atoms with Crippen LogP contribution in [0.15, 0.2) is 54.7 Å². The molecule has 128 valence electrons. The molecule has 5 nitrogen and oxygen atoms in total. The summed E-state index contributed by atoms with van der Waals surface area (Å²) in [5.74, 6) is -0.300. The number of anilines is 1. The lowest BCUT2D eigenvalue weighted by atomic mass is 10.1. The van der Waals surface area contributed by atoms with E-state index >= 15 is 0 Å². The van der Waals surface area contributed by atoms with Crippen molar-refractivity contribution in [3.63, 3.8) is 0 Å². The van der Waals surface area contributed by atoms with Gasteiger partial charge in [-0.25, -0.2) is 4.79 Å². The highest BCUT2D eigenvalue weighted by Gasteiger charge is 2.08. The van der Waals surface area contributed by atoms with E-state index in [0.717, 1.165) is 22.5 Å². The molecule has 1 heterocycles. The van der Waals surface area contributed by atoms with Gasteiger partial charge in [0.05, 0.1) is 24.1 Å². The van der Waals surface area contributed by atoms with E-state index in [1.54, 1.807) is 19.1 Å². The molecule has 2 aromatic carbocycles. The second kappa shape index (κ2) is 7.66. The summed E-state index contributed by atoms with van der Waals surface area (Å²) in [6, 6.07) is 15.6. The van der Waals surface area contributed by atoms with Crippen molar-refractivity contribution in [2.24, 2.45) is 0 Å². The zero-order valence-electron chi connectivity index (χ0n) is 14.4. The molecule has 0 radical (unpaired) electrons. The average Bonchev–Trinajstić information content (AvgIpc) is 3.10. The first-order chi connectivity index (χ1) is 12.2. The number of rotatable bonds is 6. The van der Waals surface area contributed by atoms with E-state index in [1.165, 1.54) is 5.56 Å². The van der Waals surface area contributed by atoms with Gasteiger partial charge in [0.25, 0.3) is 0 Å². The molecule has 0 spiro atoms. The predicted octanol–water partition coefficient (Wildman–Crippen LogP) is 4.17. The molecule has 3 rings (SSSR count). The Balaban J connectivity index is 1.67. The van der Waals surface area contributed by atoms with E-state index in [9.17, 15) is 4.79 Å². The SMILES string of the molecule is CCOC(=O)c1ccc(NCc2cn[nH]c2-c2ccc(C)cc2)cc1. The van der Waals surface area contributed by atoms with Crippen molar-refractivity contribution >= 4 is 11.7 Å². The number of hydrogen-bond acceptors (Lipinski definition) is 4. The summed E-state index contributed by atoms with van der Waals surface area (Å²) in [4.78, 5) is 11.7.